The van der Waals surface area contributed by atoms with Crippen molar-refractivity contribution in [2.45, 2.75) is 31.4 Å². The lowest BCUT2D eigenvalue weighted by molar-refractivity contribution is -0.115. The molecule has 29 heavy (non-hydrogen) atoms. The molecule has 0 aliphatic carbocycles. The van der Waals surface area contributed by atoms with E-state index < -0.39 is 5.60 Å². The van der Waals surface area contributed by atoms with Crippen LogP contribution in [0.3, 0.4) is 0 Å². The summed E-state index contributed by atoms with van der Waals surface area (Å²) in [5.41, 5.74) is 1.39. The fourth-order valence-corrected chi connectivity index (χ4v) is 3.64. The van der Waals surface area contributed by atoms with E-state index >= 15 is 0 Å². The highest BCUT2D eigenvalue weighted by Gasteiger charge is 2.45. The standard InChI is InChI=1S/C21H23N5O3/c27-19(23-14-16-6-4-10-22-13-16)18-12-21(29-25-18)9-5-11-26(15-21)20(28)24-17-7-2-1-3-8-17/h1-4,6-8,10,13H,5,9,11-12,14-15H2,(H,23,27)(H,24,28). The average molecular weight is 393 g/mol. The van der Waals surface area contributed by atoms with Crippen molar-refractivity contribution in [2.24, 2.45) is 5.16 Å². The van der Waals surface area contributed by atoms with Gasteiger partial charge in [0.25, 0.3) is 5.91 Å². The Morgan fingerprint density at radius 2 is 2.03 bits per heavy atom. The van der Waals surface area contributed by atoms with E-state index in [1.54, 1.807) is 17.3 Å². The van der Waals surface area contributed by atoms with Gasteiger partial charge < -0.3 is 20.4 Å². The molecule has 0 saturated carbocycles. The number of rotatable bonds is 4. The molecular weight excluding hydrogens is 370 g/mol. The van der Waals surface area contributed by atoms with Crippen LogP contribution in [0.25, 0.3) is 0 Å². The number of anilines is 1. The Bertz CT molecular complexity index is 903. The van der Waals surface area contributed by atoms with Gasteiger partial charge in [0.05, 0.1) is 6.54 Å². The van der Waals surface area contributed by atoms with E-state index in [9.17, 15) is 9.59 Å². The molecule has 0 radical (unpaired) electrons. The van der Waals surface area contributed by atoms with Gasteiger partial charge >= 0.3 is 6.03 Å². The van der Waals surface area contributed by atoms with Crippen molar-refractivity contribution in [1.82, 2.24) is 15.2 Å². The highest BCUT2D eigenvalue weighted by atomic mass is 16.7. The molecule has 0 bridgehead atoms. The van der Waals surface area contributed by atoms with Crippen molar-refractivity contribution in [3.8, 4) is 0 Å². The van der Waals surface area contributed by atoms with Gasteiger partial charge in [-0.2, -0.15) is 0 Å². The van der Waals surface area contributed by atoms with E-state index in [4.69, 9.17) is 4.84 Å². The number of hydrogen-bond acceptors (Lipinski definition) is 5. The zero-order valence-corrected chi connectivity index (χ0v) is 16.0. The first kappa shape index (κ1) is 18.9. The van der Waals surface area contributed by atoms with Crippen LogP contribution in [0.5, 0.6) is 0 Å². The Hall–Kier alpha value is -3.42. The molecule has 1 spiro atoms. The molecule has 1 atom stereocenters. The number of hydrogen-bond donors (Lipinski definition) is 2. The number of nitrogens with zero attached hydrogens (tertiary/aromatic N) is 3. The van der Waals surface area contributed by atoms with Crippen LogP contribution in [0.1, 0.15) is 24.8 Å². The van der Waals surface area contributed by atoms with Crippen molar-refractivity contribution in [3.05, 3.63) is 60.4 Å². The molecule has 4 rings (SSSR count). The van der Waals surface area contributed by atoms with Gasteiger partial charge in [-0.05, 0) is 36.6 Å². The molecule has 1 aromatic carbocycles. The normalized spacial score (nSPS) is 20.7. The summed E-state index contributed by atoms with van der Waals surface area (Å²) in [6.45, 7) is 1.42. The zero-order chi connectivity index (χ0) is 20.1. The molecular formula is C21H23N5O3. The van der Waals surface area contributed by atoms with Crippen LogP contribution in [0.2, 0.25) is 0 Å². The Labute approximate surface area is 168 Å². The number of nitrogens with one attached hydrogen (secondary N) is 2. The monoisotopic (exact) mass is 393 g/mol. The maximum Gasteiger partial charge on any atom is 0.321 e. The summed E-state index contributed by atoms with van der Waals surface area (Å²) >= 11 is 0. The molecule has 3 amide bonds. The number of para-hydroxylation sites is 1. The van der Waals surface area contributed by atoms with Gasteiger partial charge in [0.15, 0.2) is 5.60 Å². The summed E-state index contributed by atoms with van der Waals surface area (Å²) in [4.78, 5) is 36.5. The second-order valence-corrected chi connectivity index (χ2v) is 7.35. The second-order valence-electron chi connectivity index (χ2n) is 7.35. The van der Waals surface area contributed by atoms with Crippen LogP contribution >= 0.6 is 0 Å². The number of amides is 3. The zero-order valence-electron chi connectivity index (χ0n) is 16.0. The largest absolute Gasteiger partial charge is 0.386 e. The summed E-state index contributed by atoms with van der Waals surface area (Å²) in [5, 5.41) is 9.78. The molecule has 1 fully saturated rings. The molecule has 2 aliphatic heterocycles. The Balaban J connectivity index is 1.32. The van der Waals surface area contributed by atoms with E-state index in [1.165, 1.54) is 0 Å². The first-order valence-electron chi connectivity index (χ1n) is 9.67. The molecule has 1 saturated heterocycles. The van der Waals surface area contributed by atoms with Crippen LogP contribution in [-0.2, 0) is 16.2 Å². The lowest BCUT2D eigenvalue weighted by Crippen LogP contribution is -2.52. The van der Waals surface area contributed by atoms with Crippen molar-refractivity contribution in [2.75, 3.05) is 18.4 Å². The number of benzene rings is 1. The molecule has 150 valence electrons. The quantitative estimate of drug-likeness (QED) is 0.834. The number of likely N-dealkylation sites (tertiary alicyclic amines) is 1. The van der Waals surface area contributed by atoms with Crippen molar-refractivity contribution >= 4 is 23.3 Å². The number of carbonyl (C=O) groups is 2. The molecule has 1 aromatic heterocycles. The molecule has 8 heteroatoms. The van der Waals surface area contributed by atoms with Gasteiger partial charge in [0.2, 0.25) is 0 Å². The first-order valence-corrected chi connectivity index (χ1v) is 9.67. The van der Waals surface area contributed by atoms with E-state index in [1.807, 2.05) is 42.5 Å². The minimum Gasteiger partial charge on any atom is -0.386 e. The average Bonchev–Trinajstić information content (AvgIpc) is 3.16. The van der Waals surface area contributed by atoms with Crippen LogP contribution in [0.4, 0.5) is 10.5 Å². The predicted octanol–water partition coefficient (Wildman–Crippen LogP) is 2.54. The van der Waals surface area contributed by atoms with Gasteiger partial charge in [-0.1, -0.05) is 29.4 Å². The van der Waals surface area contributed by atoms with Crippen molar-refractivity contribution in [3.63, 3.8) is 0 Å². The van der Waals surface area contributed by atoms with Crippen LogP contribution in [0, 0.1) is 0 Å². The van der Waals surface area contributed by atoms with E-state index in [-0.39, 0.29) is 11.9 Å². The van der Waals surface area contributed by atoms with Crippen LogP contribution < -0.4 is 10.6 Å². The predicted molar refractivity (Wildman–Crippen MR) is 108 cm³/mol. The van der Waals surface area contributed by atoms with Gasteiger partial charge in [-0.25, -0.2) is 4.79 Å². The lowest BCUT2D eigenvalue weighted by Gasteiger charge is -2.38. The smallest absolute Gasteiger partial charge is 0.321 e. The Morgan fingerprint density at radius 3 is 2.83 bits per heavy atom. The van der Waals surface area contributed by atoms with Crippen LogP contribution in [0.15, 0.2) is 60.0 Å². The molecule has 2 aromatic rings. The molecule has 8 nitrogen and oxygen atoms in total. The van der Waals surface area contributed by atoms with E-state index in [0.717, 1.165) is 24.1 Å². The minimum absolute atomic E-state index is 0.173. The number of oxime groups is 1. The number of carbonyl (C=O) groups excluding carboxylic acids is 2. The minimum atomic E-state index is -0.632. The highest BCUT2D eigenvalue weighted by Crippen LogP contribution is 2.33. The van der Waals surface area contributed by atoms with Crippen molar-refractivity contribution in [1.29, 1.82) is 0 Å². The third kappa shape index (κ3) is 4.53. The van der Waals surface area contributed by atoms with Gasteiger partial charge in [0, 0.05) is 37.6 Å². The van der Waals surface area contributed by atoms with E-state index in [0.29, 0.717) is 31.8 Å². The van der Waals surface area contributed by atoms with E-state index in [2.05, 4.69) is 20.8 Å². The second kappa shape index (κ2) is 8.30. The van der Waals surface area contributed by atoms with Crippen molar-refractivity contribution < 1.29 is 14.4 Å². The lowest BCUT2D eigenvalue weighted by atomic mass is 9.88. The fraction of sp³-hybridized carbons (Fsp3) is 0.333. The summed E-state index contributed by atoms with van der Waals surface area (Å²) in [6.07, 6.45) is 5.33. The van der Waals surface area contributed by atoms with Gasteiger partial charge in [-0.15, -0.1) is 0 Å². The number of urea groups is 1. The summed E-state index contributed by atoms with van der Waals surface area (Å²) in [7, 11) is 0. The molecule has 1 unspecified atom stereocenters. The maximum absolute atomic E-state index is 12.6. The third-order valence-corrected chi connectivity index (χ3v) is 5.13. The van der Waals surface area contributed by atoms with Crippen LogP contribution in [-0.4, -0.2) is 46.2 Å². The summed E-state index contributed by atoms with van der Waals surface area (Å²) in [5.74, 6) is -0.253. The summed E-state index contributed by atoms with van der Waals surface area (Å²) in [6, 6.07) is 12.9. The first-order chi connectivity index (χ1) is 14.1. The Kier molecular flexibility index (Phi) is 5.41. The summed E-state index contributed by atoms with van der Waals surface area (Å²) < 4.78 is 0. The number of pyridine rings is 1. The topological polar surface area (TPSA) is 95.9 Å². The number of aromatic nitrogens is 1. The third-order valence-electron chi connectivity index (χ3n) is 5.13. The molecule has 3 heterocycles. The van der Waals surface area contributed by atoms with Gasteiger partial charge in [-0.3, -0.25) is 9.78 Å². The number of piperidine rings is 1. The maximum atomic E-state index is 12.6. The SMILES string of the molecule is O=C(NCc1cccnc1)C1=NOC2(CCCN(C(=O)Nc3ccccc3)C2)C1. The molecule has 2 aliphatic rings. The Morgan fingerprint density at radius 1 is 1.17 bits per heavy atom. The van der Waals surface area contributed by atoms with Gasteiger partial charge in [0.1, 0.15) is 5.71 Å². The highest BCUT2D eigenvalue weighted by molar-refractivity contribution is 6.39. The fourth-order valence-electron chi connectivity index (χ4n) is 3.64. The molecule has 2 N–H and O–H groups in total.